The first-order chi connectivity index (χ1) is 13.2. The Morgan fingerprint density at radius 3 is 2.32 bits per heavy atom. The zero-order valence-corrected chi connectivity index (χ0v) is 16.9. The molecule has 1 aromatic rings. The van der Waals surface area contributed by atoms with Crippen LogP contribution in [0.25, 0.3) is 0 Å². The van der Waals surface area contributed by atoms with Crippen molar-refractivity contribution in [2.45, 2.75) is 24.3 Å². The van der Waals surface area contributed by atoms with Crippen LogP contribution in [0.3, 0.4) is 0 Å². The Bertz CT molecular complexity index is 848. The molecule has 0 bridgehead atoms. The van der Waals surface area contributed by atoms with Crippen molar-refractivity contribution in [3.63, 3.8) is 0 Å². The third kappa shape index (κ3) is 4.26. The molecule has 28 heavy (non-hydrogen) atoms. The van der Waals surface area contributed by atoms with Crippen molar-refractivity contribution in [2.75, 3.05) is 27.4 Å². The number of hydrogen-bond donors (Lipinski definition) is 1. The Kier molecular flexibility index (Phi) is 6.97. The van der Waals surface area contributed by atoms with Gasteiger partial charge in [-0.15, -0.1) is 0 Å². The normalized spacial score (nSPS) is 22.6. The largest absolute Gasteiger partial charge is 0.469 e. The van der Waals surface area contributed by atoms with E-state index in [1.165, 1.54) is 19.2 Å². The van der Waals surface area contributed by atoms with Crippen molar-refractivity contribution < 1.29 is 32.6 Å². The van der Waals surface area contributed by atoms with Crippen LogP contribution in [0.2, 0.25) is 0 Å². The summed E-state index contributed by atoms with van der Waals surface area (Å²) in [6, 6.07) is 5.01. The van der Waals surface area contributed by atoms with Crippen LogP contribution >= 0.6 is 0 Å². The van der Waals surface area contributed by atoms with Gasteiger partial charge in [-0.3, -0.25) is 9.59 Å². The molecule has 1 heterocycles. The summed E-state index contributed by atoms with van der Waals surface area (Å²) < 4.78 is 37.1. The van der Waals surface area contributed by atoms with E-state index < -0.39 is 46.4 Å². The SMILES string of the molecule is C=C(CO)[C@H]1CN(S(=O)(=O)c2ccc(C)cc2)[C@H](C(=O)OC)[C@H]1CC(=O)OC. The molecule has 1 N–H and O–H groups in total. The van der Waals surface area contributed by atoms with Crippen LogP contribution in [-0.4, -0.2) is 63.2 Å². The molecular formula is C19H25NO7S. The lowest BCUT2D eigenvalue weighted by Crippen LogP contribution is -2.44. The van der Waals surface area contributed by atoms with Gasteiger partial charge in [-0.1, -0.05) is 24.3 Å². The molecule has 154 valence electrons. The molecule has 0 amide bonds. The number of benzene rings is 1. The molecule has 0 saturated carbocycles. The van der Waals surface area contributed by atoms with Crippen molar-refractivity contribution in [3.05, 3.63) is 42.0 Å². The summed E-state index contributed by atoms with van der Waals surface area (Å²) in [4.78, 5) is 24.5. The van der Waals surface area contributed by atoms with Gasteiger partial charge in [0.05, 0.1) is 32.1 Å². The Morgan fingerprint density at radius 2 is 1.82 bits per heavy atom. The summed E-state index contributed by atoms with van der Waals surface area (Å²) in [6.07, 6.45) is -0.208. The molecule has 0 aromatic heterocycles. The second kappa shape index (κ2) is 8.85. The lowest BCUT2D eigenvalue weighted by Gasteiger charge is -2.25. The number of hydrogen-bond acceptors (Lipinski definition) is 7. The van der Waals surface area contributed by atoms with Crippen molar-refractivity contribution >= 4 is 22.0 Å². The molecular weight excluding hydrogens is 386 g/mol. The van der Waals surface area contributed by atoms with Gasteiger partial charge in [0.15, 0.2) is 0 Å². The second-order valence-corrected chi connectivity index (χ2v) is 8.61. The van der Waals surface area contributed by atoms with Crippen molar-refractivity contribution in [1.82, 2.24) is 4.31 Å². The third-order valence-electron chi connectivity index (χ3n) is 5.04. The number of sulfonamides is 1. The first kappa shape index (κ1) is 22.1. The van der Waals surface area contributed by atoms with Gasteiger partial charge in [0, 0.05) is 18.4 Å². The maximum Gasteiger partial charge on any atom is 0.324 e. The molecule has 3 atom stereocenters. The molecule has 9 heteroatoms. The molecule has 2 rings (SSSR count). The average Bonchev–Trinajstić information content (AvgIpc) is 3.06. The van der Waals surface area contributed by atoms with Crippen LogP contribution < -0.4 is 0 Å². The molecule has 0 aliphatic carbocycles. The predicted molar refractivity (Wildman–Crippen MR) is 101 cm³/mol. The van der Waals surface area contributed by atoms with Gasteiger partial charge in [-0.05, 0) is 24.6 Å². The monoisotopic (exact) mass is 411 g/mol. The number of aryl methyl sites for hydroxylation is 1. The number of carbonyl (C=O) groups is 2. The van der Waals surface area contributed by atoms with Crippen LogP contribution in [0.4, 0.5) is 0 Å². The van der Waals surface area contributed by atoms with E-state index in [9.17, 15) is 23.1 Å². The van der Waals surface area contributed by atoms with E-state index in [0.717, 1.165) is 17.0 Å². The Labute approximate surface area is 164 Å². The topological polar surface area (TPSA) is 110 Å². The zero-order valence-electron chi connectivity index (χ0n) is 16.1. The molecule has 0 radical (unpaired) electrons. The quantitative estimate of drug-likeness (QED) is 0.524. The highest BCUT2D eigenvalue weighted by Gasteiger charge is 2.52. The zero-order chi connectivity index (χ0) is 21.1. The van der Waals surface area contributed by atoms with Gasteiger partial charge in [0.2, 0.25) is 10.0 Å². The van der Waals surface area contributed by atoms with Gasteiger partial charge in [0.1, 0.15) is 6.04 Å². The molecule has 1 aliphatic rings. The van der Waals surface area contributed by atoms with E-state index in [2.05, 4.69) is 6.58 Å². The fourth-order valence-electron chi connectivity index (χ4n) is 3.46. The molecule has 0 spiro atoms. The first-order valence-corrected chi connectivity index (χ1v) is 10.1. The van der Waals surface area contributed by atoms with E-state index in [0.29, 0.717) is 5.57 Å². The Balaban J connectivity index is 2.54. The molecule has 1 fully saturated rings. The maximum absolute atomic E-state index is 13.2. The smallest absolute Gasteiger partial charge is 0.324 e. The van der Waals surface area contributed by atoms with Gasteiger partial charge >= 0.3 is 11.9 Å². The van der Waals surface area contributed by atoms with E-state index in [1.54, 1.807) is 12.1 Å². The lowest BCUT2D eigenvalue weighted by atomic mass is 9.83. The number of nitrogens with zero attached hydrogens (tertiary/aromatic N) is 1. The summed E-state index contributed by atoms with van der Waals surface area (Å²) in [5.41, 5.74) is 1.23. The van der Waals surface area contributed by atoms with Crippen LogP contribution in [0.15, 0.2) is 41.3 Å². The summed E-state index contributed by atoms with van der Waals surface area (Å²) in [6.45, 7) is 5.12. The molecule has 8 nitrogen and oxygen atoms in total. The van der Waals surface area contributed by atoms with Gasteiger partial charge in [0.25, 0.3) is 0 Å². The highest BCUT2D eigenvalue weighted by Crippen LogP contribution is 2.40. The number of rotatable bonds is 7. The number of methoxy groups -OCH3 is 2. The fourth-order valence-corrected chi connectivity index (χ4v) is 5.11. The summed E-state index contributed by atoms with van der Waals surface area (Å²) >= 11 is 0. The van der Waals surface area contributed by atoms with Crippen molar-refractivity contribution in [3.8, 4) is 0 Å². The maximum atomic E-state index is 13.2. The summed E-state index contributed by atoms with van der Waals surface area (Å²) in [5.74, 6) is -2.74. The second-order valence-electron chi connectivity index (χ2n) is 6.72. The van der Waals surface area contributed by atoms with E-state index in [1.807, 2.05) is 6.92 Å². The summed E-state index contributed by atoms with van der Waals surface area (Å²) in [7, 11) is -1.69. The number of aliphatic hydroxyl groups is 1. The van der Waals surface area contributed by atoms with Crippen LogP contribution in [0.5, 0.6) is 0 Å². The lowest BCUT2D eigenvalue weighted by molar-refractivity contribution is -0.147. The Hall–Kier alpha value is -2.23. The van der Waals surface area contributed by atoms with Gasteiger partial charge < -0.3 is 14.6 Å². The average molecular weight is 411 g/mol. The molecule has 1 aliphatic heterocycles. The standard InChI is InChI=1S/C19H25NO7S/c1-12-5-7-14(8-6-12)28(24,25)20-10-16(13(2)11-21)15(9-17(22)26-3)18(20)19(23)27-4/h5-8,15-16,18,21H,2,9-11H2,1,3-4H3/t15-,16+,18-/m0/s1. The van der Waals surface area contributed by atoms with Gasteiger partial charge in [-0.2, -0.15) is 4.31 Å². The minimum absolute atomic E-state index is 0.0269. The van der Waals surface area contributed by atoms with E-state index >= 15 is 0 Å². The summed E-state index contributed by atoms with van der Waals surface area (Å²) in [5, 5.41) is 9.52. The van der Waals surface area contributed by atoms with Crippen LogP contribution in [-0.2, 0) is 29.1 Å². The van der Waals surface area contributed by atoms with E-state index in [-0.39, 0.29) is 17.9 Å². The molecule has 1 saturated heterocycles. The Morgan fingerprint density at radius 1 is 1.21 bits per heavy atom. The highest BCUT2D eigenvalue weighted by molar-refractivity contribution is 7.89. The third-order valence-corrected chi connectivity index (χ3v) is 6.90. The number of ether oxygens (including phenoxy) is 2. The fraction of sp³-hybridized carbons (Fsp3) is 0.474. The molecule has 1 aromatic carbocycles. The van der Waals surface area contributed by atoms with Crippen molar-refractivity contribution in [1.29, 1.82) is 0 Å². The predicted octanol–water partition coefficient (Wildman–Crippen LogP) is 0.885. The number of esters is 2. The van der Waals surface area contributed by atoms with Gasteiger partial charge in [-0.25, -0.2) is 8.42 Å². The van der Waals surface area contributed by atoms with Crippen LogP contribution in [0, 0.1) is 18.8 Å². The number of aliphatic hydroxyl groups excluding tert-OH is 1. The first-order valence-electron chi connectivity index (χ1n) is 8.69. The highest BCUT2D eigenvalue weighted by atomic mass is 32.2. The number of carbonyl (C=O) groups excluding carboxylic acids is 2. The van der Waals surface area contributed by atoms with Crippen molar-refractivity contribution in [2.24, 2.45) is 11.8 Å². The minimum Gasteiger partial charge on any atom is -0.469 e. The molecule has 0 unspecified atom stereocenters. The minimum atomic E-state index is -4.05. The van der Waals surface area contributed by atoms with Crippen LogP contribution in [0.1, 0.15) is 12.0 Å². The van der Waals surface area contributed by atoms with E-state index in [4.69, 9.17) is 9.47 Å².